The summed E-state index contributed by atoms with van der Waals surface area (Å²) < 4.78 is 1.74. The van der Waals surface area contributed by atoms with Crippen LogP contribution in [0.4, 0.5) is 0 Å². The van der Waals surface area contributed by atoms with E-state index >= 15 is 0 Å². The number of pyridine rings is 1. The summed E-state index contributed by atoms with van der Waals surface area (Å²) in [5, 5.41) is 4.10. The minimum Gasteiger partial charge on any atom is -0.287 e. The number of carbonyl (C=O) groups is 1. The van der Waals surface area contributed by atoms with Crippen molar-refractivity contribution in [1.29, 1.82) is 0 Å². The van der Waals surface area contributed by atoms with Crippen LogP contribution in [0.15, 0.2) is 30.7 Å². The maximum absolute atomic E-state index is 12.2. The van der Waals surface area contributed by atoms with Crippen molar-refractivity contribution in [3.63, 3.8) is 0 Å². The molecule has 0 aromatic carbocycles. The molecule has 2 aromatic rings. The maximum Gasteiger partial charge on any atom is 0.214 e. The molecule has 0 spiro atoms. The molecule has 0 amide bonds. The molecule has 0 N–H and O–H groups in total. The predicted octanol–water partition coefficient (Wildman–Crippen LogP) is 2.09. The van der Waals surface area contributed by atoms with Crippen molar-refractivity contribution in [2.24, 2.45) is 0 Å². The van der Waals surface area contributed by atoms with E-state index in [1.807, 2.05) is 26.0 Å². The summed E-state index contributed by atoms with van der Waals surface area (Å²) in [5.74, 6) is -0.0536. The molecule has 0 saturated heterocycles. The number of hydrogen-bond acceptors (Lipinski definition) is 3. The Balaban J connectivity index is 2.36. The van der Waals surface area contributed by atoms with Crippen LogP contribution in [0.3, 0.4) is 0 Å². The van der Waals surface area contributed by atoms with E-state index in [1.54, 1.807) is 23.3 Å². The van der Waals surface area contributed by atoms with E-state index in [4.69, 9.17) is 0 Å². The van der Waals surface area contributed by atoms with Crippen molar-refractivity contribution in [3.8, 4) is 0 Å². The average molecular weight is 229 g/mol. The van der Waals surface area contributed by atoms with Gasteiger partial charge in [0.15, 0.2) is 0 Å². The van der Waals surface area contributed by atoms with E-state index < -0.39 is 0 Å². The topological polar surface area (TPSA) is 47.8 Å². The zero-order valence-electron chi connectivity index (χ0n) is 10.1. The summed E-state index contributed by atoms with van der Waals surface area (Å²) in [4.78, 5) is 16.4. The Morgan fingerprint density at radius 2 is 2.24 bits per heavy atom. The summed E-state index contributed by atoms with van der Waals surface area (Å²) >= 11 is 0. The van der Waals surface area contributed by atoms with Gasteiger partial charge in [-0.15, -0.1) is 0 Å². The van der Waals surface area contributed by atoms with Crippen LogP contribution in [0.2, 0.25) is 0 Å². The van der Waals surface area contributed by atoms with E-state index in [-0.39, 0.29) is 5.78 Å². The number of aromatic nitrogens is 3. The van der Waals surface area contributed by atoms with Gasteiger partial charge in [0.05, 0.1) is 11.8 Å². The van der Waals surface area contributed by atoms with Crippen LogP contribution < -0.4 is 0 Å². The van der Waals surface area contributed by atoms with E-state index in [9.17, 15) is 4.79 Å². The van der Waals surface area contributed by atoms with Crippen molar-refractivity contribution in [2.75, 3.05) is 0 Å². The fourth-order valence-electron chi connectivity index (χ4n) is 1.72. The second-order valence-electron chi connectivity index (χ2n) is 3.78. The monoisotopic (exact) mass is 229 g/mol. The van der Waals surface area contributed by atoms with Gasteiger partial charge >= 0.3 is 0 Å². The first-order valence-electron chi connectivity index (χ1n) is 5.77. The van der Waals surface area contributed by atoms with Crippen LogP contribution in [0.1, 0.15) is 35.5 Å². The highest BCUT2D eigenvalue weighted by atomic mass is 16.1. The molecule has 0 aliphatic carbocycles. The third-order valence-corrected chi connectivity index (χ3v) is 2.71. The van der Waals surface area contributed by atoms with Crippen LogP contribution in [0.25, 0.3) is 0 Å². The third kappa shape index (κ3) is 2.25. The van der Waals surface area contributed by atoms with Crippen LogP contribution in [-0.4, -0.2) is 20.5 Å². The fraction of sp³-hybridized carbons (Fsp3) is 0.308. The van der Waals surface area contributed by atoms with E-state index in [0.717, 1.165) is 18.5 Å². The van der Waals surface area contributed by atoms with Crippen molar-refractivity contribution >= 4 is 5.78 Å². The highest BCUT2D eigenvalue weighted by Crippen LogP contribution is 2.12. The number of hydrogen-bond donors (Lipinski definition) is 0. The number of aryl methyl sites for hydroxylation is 2. The molecule has 4 heteroatoms. The Morgan fingerprint density at radius 3 is 2.88 bits per heavy atom. The van der Waals surface area contributed by atoms with Gasteiger partial charge < -0.3 is 0 Å². The van der Waals surface area contributed by atoms with Gasteiger partial charge in [-0.2, -0.15) is 5.10 Å². The Labute approximate surface area is 100 Å². The number of ketones is 1. The molecule has 0 bridgehead atoms. The van der Waals surface area contributed by atoms with Crippen molar-refractivity contribution in [2.45, 2.75) is 26.8 Å². The standard InChI is InChI=1S/C13H15N3O/c1-3-10-6-5-7-14-12(10)13(17)11-8-15-16(4-2)9-11/h5-9H,3-4H2,1-2H3. The van der Waals surface area contributed by atoms with Gasteiger partial charge in [0.2, 0.25) is 5.78 Å². The van der Waals surface area contributed by atoms with Gasteiger partial charge in [0.1, 0.15) is 5.69 Å². The molecule has 2 heterocycles. The second kappa shape index (κ2) is 4.91. The lowest BCUT2D eigenvalue weighted by atomic mass is 10.0. The van der Waals surface area contributed by atoms with E-state index in [1.165, 1.54) is 0 Å². The third-order valence-electron chi connectivity index (χ3n) is 2.71. The first-order valence-corrected chi connectivity index (χ1v) is 5.77. The Kier molecular flexibility index (Phi) is 3.32. The summed E-state index contributed by atoms with van der Waals surface area (Å²) in [6.45, 7) is 4.76. The lowest BCUT2D eigenvalue weighted by molar-refractivity contribution is 0.103. The minimum absolute atomic E-state index is 0.0536. The first kappa shape index (κ1) is 11.5. The lowest BCUT2D eigenvalue weighted by Crippen LogP contribution is -2.07. The van der Waals surface area contributed by atoms with Crippen LogP contribution in [0, 0.1) is 0 Å². The fourth-order valence-corrected chi connectivity index (χ4v) is 1.72. The number of nitrogens with zero attached hydrogens (tertiary/aromatic N) is 3. The summed E-state index contributed by atoms with van der Waals surface area (Å²) in [6.07, 6.45) is 5.81. The summed E-state index contributed by atoms with van der Waals surface area (Å²) in [7, 11) is 0. The Morgan fingerprint density at radius 1 is 1.41 bits per heavy atom. The van der Waals surface area contributed by atoms with E-state index in [0.29, 0.717) is 11.3 Å². The van der Waals surface area contributed by atoms with Crippen LogP contribution in [-0.2, 0) is 13.0 Å². The molecule has 88 valence electrons. The van der Waals surface area contributed by atoms with E-state index in [2.05, 4.69) is 10.1 Å². The van der Waals surface area contributed by atoms with Crippen molar-refractivity contribution < 1.29 is 4.79 Å². The minimum atomic E-state index is -0.0536. The molecule has 0 aliphatic heterocycles. The van der Waals surface area contributed by atoms with Gasteiger partial charge in [-0.25, -0.2) is 0 Å². The molecule has 0 fully saturated rings. The molecule has 2 aromatic heterocycles. The quantitative estimate of drug-likeness (QED) is 0.754. The molecule has 0 unspecified atom stereocenters. The molecular weight excluding hydrogens is 214 g/mol. The highest BCUT2D eigenvalue weighted by Gasteiger charge is 2.15. The first-order chi connectivity index (χ1) is 8.26. The zero-order chi connectivity index (χ0) is 12.3. The van der Waals surface area contributed by atoms with Gasteiger partial charge in [0, 0.05) is 18.9 Å². The maximum atomic E-state index is 12.2. The molecular formula is C13H15N3O. The Hall–Kier alpha value is -1.97. The normalized spacial score (nSPS) is 10.5. The summed E-state index contributed by atoms with van der Waals surface area (Å²) in [6, 6.07) is 3.79. The van der Waals surface area contributed by atoms with Crippen LogP contribution >= 0.6 is 0 Å². The van der Waals surface area contributed by atoms with Crippen LogP contribution in [0.5, 0.6) is 0 Å². The van der Waals surface area contributed by atoms with Gasteiger partial charge in [-0.05, 0) is 25.0 Å². The highest BCUT2D eigenvalue weighted by molar-refractivity contribution is 6.08. The smallest absolute Gasteiger partial charge is 0.214 e. The van der Waals surface area contributed by atoms with Gasteiger partial charge in [-0.1, -0.05) is 13.0 Å². The second-order valence-corrected chi connectivity index (χ2v) is 3.78. The zero-order valence-corrected chi connectivity index (χ0v) is 10.1. The molecule has 2 rings (SSSR count). The average Bonchev–Trinajstić information content (AvgIpc) is 2.86. The molecule has 0 aliphatic rings. The molecule has 0 saturated carbocycles. The predicted molar refractivity (Wildman–Crippen MR) is 64.9 cm³/mol. The van der Waals surface area contributed by atoms with Gasteiger partial charge in [0.25, 0.3) is 0 Å². The molecule has 0 atom stereocenters. The van der Waals surface area contributed by atoms with Gasteiger partial charge in [-0.3, -0.25) is 14.5 Å². The number of carbonyl (C=O) groups excluding carboxylic acids is 1. The van der Waals surface area contributed by atoms with Crippen molar-refractivity contribution in [3.05, 3.63) is 47.5 Å². The molecule has 0 radical (unpaired) electrons. The Bertz CT molecular complexity index is 531. The SMILES string of the molecule is CCc1cccnc1C(=O)c1cnn(CC)c1. The largest absolute Gasteiger partial charge is 0.287 e. The molecule has 17 heavy (non-hydrogen) atoms. The number of rotatable bonds is 4. The van der Waals surface area contributed by atoms with Crippen molar-refractivity contribution in [1.82, 2.24) is 14.8 Å². The molecule has 4 nitrogen and oxygen atoms in total. The lowest BCUT2D eigenvalue weighted by Gasteiger charge is -2.03. The summed E-state index contributed by atoms with van der Waals surface area (Å²) in [5.41, 5.74) is 2.10.